The van der Waals surface area contributed by atoms with E-state index >= 15 is 0 Å². The van der Waals surface area contributed by atoms with Gasteiger partial charge in [0.05, 0.1) is 30.1 Å². The Kier molecular flexibility index (Phi) is 4.72. The lowest BCUT2D eigenvalue weighted by atomic mass is 10.1. The third kappa shape index (κ3) is 3.36. The molecule has 1 heterocycles. The summed E-state index contributed by atoms with van der Waals surface area (Å²) in [6.45, 7) is 1.83. The SMILES string of the molecule is Cc1ccccc1-n1cc(C(=O)NC(CO)c2ccccc2)cn1. The molecule has 0 spiro atoms. The Bertz CT molecular complexity index is 827. The Morgan fingerprint density at radius 1 is 1.17 bits per heavy atom. The van der Waals surface area contributed by atoms with Crippen molar-refractivity contribution in [3.63, 3.8) is 0 Å². The number of nitrogens with zero attached hydrogens (tertiary/aromatic N) is 2. The van der Waals surface area contributed by atoms with Crippen molar-refractivity contribution in [1.82, 2.24) is 15.1 Å². The smallest absolute Gasteiger partial charge is 0.255 e. The number of hydrogen-bond donors (Lipinski definition) is 2. The predicted octanol–water partition coefficient (Wildman–Crippen LogP) is 2.64. The highest BCUT2D eigenvalue weighted by Gasteiger charge is 2.16. The van der Waals surface area contributed by atoms with Crippen LogP contribution in [-0.2, 0) is 0 Å². The van der Waals surface area contributed by atoms with Crippen LogP contribution in [0.1, 0.15) is 27.5 Å². The van der Waals surface area contributed by atoms with Gasteiger partial charge in [0.1, 0.15) is 0 Å². The molecule has 24 heavy (non-hydrogen) atoms. The highest BCUT2D eigenvalue weighted by Crippen LogP contribution is 2.15. The first-order valence-corrected chi connectivity index (χ1v) is 7.76. The van der Waals surface area contributed by atoms with Crippen LogP contribution >= 0.6 is 0 Å². The van der Waals surface area contributed by atoms with E-state index in [-0.39, 0.29) is 12.5 Å². The third-order valence-electron chi connectivity index (χ3n) is 3.90. The minimum absolute atomic E-state index is 0.165. The second-order valence-corrected chi connectivity index (χ2v) is 5.58. The van der Waals surface area contributed by atoms with E-state index in [2.05, 4.69) is 10.4 Å². The summed E-state index contributed by atoms with van der Waals surface area (Å²) in [6, 6.07) is 16.8. The van der Waals surface area contributed by atoms with E-state index in [1.54, 1.807) is 10.9 Å². The van der Waals surface area contributed by atoms with Gasteiger partial charge in [-0.2, -0.15) is 5.10 Å². The highest BCUT2D eigenvalue weighted by molar-refractivity contribution is 5.94. The lowest BCUT2D eigenvalue weighted by molar-refractivity contribution is 0.0916. The van der Waals surface area contributed by atoms with Crippen molar-refractivity contribution < 1.29 is 9.90 Å². The summed E-state index contributed by atoms with van der Waals surface area (Å²) in [5, 5.41) is 16.7. The zero-order valence-electron chi connectivity index (χ0n) is 13.4. The first-order chi connectivity index (χ1) is 11.7. The number of benzene rings is 2. The van der Waals surface area contributed by atoms with Crippen molar-refractivity contribution in [3.05, 3.63) is 83.7 Å². The Balaban J connectivity index is 1.78. The molecular formula is C19H19N3O2. The Labute approximate surface area is 140 Å². The Morgan fingerprint density at radius 2 is 1.88 bits per heavy atom. The molecule has 3 aromatic rings. The topological polar surface area (TPSA) is 67.2 Å². The van der Waals surface area contributed by atoms with Crippen molar-refractivity contribution in [2.75, 3.05) is 6.61 Å². The summed E-state index contributed by atoms with van der Waals surface area (Å²) in [6.07, 6.45) is 3.22. The fraction of sp³-hybridized carbons (Fsp3) is 0.158. The van der Waals surface area contributed by atoms with Crippen molar-refractivity contribution in [2.24, 2.45) is 0 Å². The summed E-state index contributed by atoms with van der Waals surface area (Å²) in [5.41, 5.74) is 3.32. The number of carbonyl (C=O) groups is 1. The van der Waals surface area contributed by atoms with E-state index < -0.39 is 6.04 Å². The second kappa shape index (κ2) is 7.10. The number of aliphatic hydroxyl groups is 1. The van der Waals surface area contributed by atoms with E-state index in [0.717, 1.165) is 16.8 Å². The van der Waals surface area contributed by atoms with Gasteiger partial charge < -0.3 is 10.4 Å². The number of carbonyl (C=O) groups excluding carboxylic acids is 1. The van der Waals surface area contributed by atoms with Crippen LogP contribution in [0.2, 0.25) is 0 Å². The maximum atomic E-state index is 12.4. The van der Waals surface area contributed by atoms with E-state index in [1.165, 1.54) is 6.20 Å². The van der Waals surface area contributed by atoms with Gasteiger partial charge in [0.2, 0.25) is 0 Å². The van der Waals surface area contributed by atoms with Crippen LogP contribution in [0.25, 0.3) is 5.69 Å². The molecule has 1 unspecified atom stereocenters. The van der Waals surface area contributed by atoms with Crippen LogP contribution in [0.5, 0.6) is 0 Å². The van der Waals surface area contributed by atoms with Crippen LogP contribution in [-0.4, -0.2) is 27.4 Å². The zero-order valence-corrected chi connectivity index (χ0v) is 13.4. The predicted molar refractivity (Wildman–Crippen MR) is 92.0 cm³/mol. The number of rotatable bonds is 5. The minimum atomic E-state index is -0.444. The molecule has 2 aromatic carbocycles. The van der Waals surface area contributed by atoms with Crippen molar-refractivity contribution in [3.8, 4) is 5.69 Å². The van der Waals surface area contributed by atoms with Crippen LogP contribution < -0.4 is 5.32 Å². The second-order valence-electron chi connectivity index (χ2n) is 5.58. The van der Waals surface area contributed by atoms with Gasteiger partial charge in [-0.25, -0.2) is 4.68 Å². The number of nitrogens with one attached hydrogen (secondary N) is 1. The van der Waals surface area contributed by atoms with E-state index in [9.17, 15) is 9.90 Å². The number of hydrogen-bond acceptors (Lipinski definition) is 3. The monoisotopic (exact) mass is 321 g/mol. The summed E-state index contributed by atoms with van der Waals surface area (Å²) in [4.78, 5) is 12.4. The van der Waals surface area contributed by atoms with E-state index in [0.29, 0.717) is 5.56 Å². The van der Waals surface area contributed by atoms with Gasteiger partial charge in [-0.1, -0.05) is 48.5 Å². The molecule has 1 atom stereocenters. The molecule has 0 bridgehead atoms. The Hall–Kier alpha value is -2.92. The van der Waals surface area contributed by atoms with Gasteiger partial charge >= 0.3 is 0 Å². The van der Waals surface area contributed by atoms with Crippen LogP contribution in [0.3, 0.4) is 0 Å². The van der Waals surface area contributed by atoms with Gasteiger partial charge in [0.25, 0.3) is 5.91 Å². The van der Waals surface area contributed by atoms with Crippen LogP contribution in [0.4, 0.5) is 0 Å². The number of amides is 1. The molecule has 0 aliphatic rings. The number of aryl methyl sites for hydroxylation is 1. The summed E-state index contributed by atoms with van der Waals surface area (Å²) in [5.74, 6) is -0.266. The van der Waals surface area contributed by atoms with Gasteiger partial charge in [0.15, 0.2) is 0 Å². The lowest BCUT2D eigenvalue weighted by Crippen LogP contribution is -2.30. The number of para-hydroxylation sites is 1. The zero-order chi connectivity index (χ0) is 16.9. The molecule has 0 saturated carbocycles. The molecule has 5 heteroatoms. The molecular weight excluding hydrogens is 302 g/mol. The molecule has 2 N–H and O–H groups in total. The van der Waals surface area contributed by atoms with Crippen molar-refractivity contribution in [2.45, 2.75) is 13.0 Å². The third-order valence-corrected chi connectivity index (χ3v) is 3.90. The molecule has 5 nitrogen and oxygen atoms in total. The van der Waals surface area contributed by atoms with Crippen molar-refractivity contribution >= 4 is 5.91 Å². The first kappa shape index (κ1) is 16.0. The summed E-state index contributed by atoms with van der Waals surface area (Å²) in [7, 11) is 0. The Morgan fingerprint density at radius 3 is 2.58 bits per heavy atom. The highest BCUT2D eigenvalue weighted by atomic mass is 16.3. The number of aliphatic hydroxyl groups excluding tert-OH is 1. The van der Waals surface area contributed by atoms with E-state index in [4.69, 9.17) is 0 Å². The quantitative estimate of drug-likeness (QED) is 0.759. The fourth-order valence-electron chi connectivity index (χ4n) is 2.55. The maximum absolute atomic E-state index is 12.4. The van der Waals surface area contributed by atoms with Gasteiger partial charge in [-0.05, 0) is 24.1 Å². The molecule has 1 aromatic heterocycles. The van der Waals surface area contributed by atoms with Crippen LogP contribution in [0, 0.1) is 6.92 Å². The van der Waals surface area contributed by atoms with E-state index in [1.807, 2.05) is 61.5 Å². The maximum Gasteiger partial charge on any atom is 0.255 e. The molecule has 0 aliphatic heterocycles. The molecule has 0 fully saturated rings. The summed E-state index contributed by atoms with van der Waals surface area (Å²) >= 11 is 0. The molecule has 0 radical (unpaired) electrons. The lowest BCUT2D eigenvalue weighted by Gasteiger charge is -2.16. The molecule has 1 amide bonds. The first-order valence-electron chi connectivity index (χ1n) is 7.76. The largest absolute Gasteiger partial charge is 0.394 e. The summed E-state index contributed by atoms with van der Waals surface area (Å²) < 4.78 is 1.68. The average molecular weight is 321 g/mol. The normalized spacial score (nSPS) is 11.9. The van der Waals surface area contributed by atoms with Gasteiger partial charge in [-0.3, -0.25) is 4.79 Å². The number of aromatic nitrogens is 2. The standard InChI is InChI=1S/C19H19N3O2/c1-14-7-5-6-10-18(14)22-12-16(11-20-22)19(24)21-17(13-23)15-8-3-2-4-9-15/h2-12,17,23H,13H2,1H3,(H,21,24). The molecule has 122 valence electrons. The average Bonchev–Trinajstić information content (AvgIpc) is 3.10. The minimum Gasteiger partial charge on any atom is -0.394 e. The molecule has 0 saturated heterocycles. The van der Waals surface area contributed by atoms with Crippen LogP contribution in [0.15, 0.2) is 67.0 Å². The molecule has 3 rings (SSSR count). The van der Waals surface area contributed by atoms with Gasteiger partial charge in [0, 0.05) is 6.20 Å². The molecule has 0 aliphatic carbocycles. The van der Waals surface area contributed by atoms with Crippen molar-refractivity contribution in [1.29, 1.82) is 0 Å². The van der Waals surface area contributed by atoms with Gasteiger partial charge in [-0.15, -0.1) is 0 Å². The fourth-order valence-corrected chi connectivity index (χ4v) is 2.55.